The Balaban J connectivity index is 1.76. The van der Waals surface area contributed by atoms with Crippen molar-refractivity contribution in [1.29, 1.82) is 0 Å². The first kappa shape index (κ1) is 21.8. The number of hydrogen-bond donors (Lipinski definition) is 2. The van der Waals surface area contributed by atoms with Crippen LogP contribution >= 0.6 is 23.2 Å². The van der Waals surface area contributed by atoms with Crippen molar-refractivity contribution in [3.05, 3.63) is 46.3 Å². The van der Waals surface area contributed by atoms with E-state index in [0.717, 1.165) is 25.9 Å². The van der Waals surface area contributed by atoms with Crippen molar-refractivity contribution >= 4 is 29.2 Å². The Morgan fingerprint density at radius 2 is 2.03 bits per heavy atom. The molecule has 29 heavy (non-hydrogen) atoms. The Morgan fingerprint density at radius 3 is 2.66 bits per heavy atom. The van der Waals surface area contributed by atoms with E-state index in [1.165, 1.54) is 0 Å². The van der Waals surface area contributed by atoms with E-state index in [2.05, 4.69) is 27.2 Å². The number of carbonyl (C=O) groups excluding carboxylic acids is 1. The highest BCUT2D eigenvalue weighted by atomic mass is 35.5. The molecule has 9 heteroatoms. The molecule has 7 nitrogen and oxygen atoms in total. The number of amides is 2. The van der Waals surface area contributed by atoms with Gasteiger partial charge in [0.05, 0.1) is 34.6 Å². The van der Waals surface area contributed by atoms with Crippen molar-refractivity contribution in [2.24, 2.45) is 0 Å². The fourth-order valence-electron chi connectivity index (χ4n) is 3.49. The van der Waals surface area contributed by atoms with Crippen molar-refractivity contribution in [1.82, 2.24) is 25.1 Å². The first-order valence-electron chi connectivity index (χ1n) is 9.49. The molecular weight excluding hydrogens is 413 g/mol. The smallest absolute Gasteiger partial charge is 0.317 e. The summed E-state index contributed by atoms with van der Waals surface area (Å²) in [5.41, 5.74) is 1.79. The zero-order valence-electron chi connectivity index (χ0n) is 16.5. The highest BCUT2D eigenvalue weighted by Crippen LogP contribution is 2.37. The quantitative estimate of drug-likeness (QED) is 0.750. The number of likely N-dealkylation sites (tertiary alicyclic amines) is 1. The lowest BCUT2D eigenvalue weighted by Gasteiger charge is -2.35. The Bertz CT molecular complexity index is 844. The van der Waals surface area contributed by atoms with Crippen LogP contribution in [0.1, 0.15) is 24.4 Å². The van der Waals surface area contributed by atoms with Crippen LogP contribution < -0.4 is 5.32 Å². The molecule has 0 radical (unpaired) electrons. The van der Waals surface area contributed by atoms with Crippen molar-refractivity contribution in [3.63, 3.8) is 0 Å². The number of piperidine rings is 1. The van der Waals surface area contributed by atoms with Gasteiger partial charge >= 0.3 is 6.03 Å². The van der Waals surface area contributed by atoms with Crippen molar-refractivity contribution < 1.29 is 9.90 Å². The van der Waals surface area contributed by atoms with Crippen molar-refractivity contribution in [2.45, 2.75) is 24.9 Å². The van der Waals surface area contributed by atoms with Crippen LogP contribution in [-0.2, 0) is 0 Å². The predicted octanol–water partition coefficient (Wildman–Crippen LogP) is 3.22. The number of aliphatic hydroxyl groups is 1. The van der Waals surface area contributed by atoms with Gasteiger partial charge < -0.3 is 20.2 Å². The number of nitrogens with zero attached hydrogens (tertiary/aromatic N) is 4. The summed E-state index contributed by atoms with van der Waals surface area (Å²) in [4.78, 5) is 25.0. The maximum Gasteiger partial charge on any atom is 0.317 e. The third-order valence-corrected chi connectivity index (χ3v) is 6.26. The molecule has 1 fully saturated rings. The van der Waals surface area contributed by atoms with Gasteiger partial charge in [0.1, 0.15) is 0 Å². The Hall–Kier alpha value is -1.93. The molecule has 0 spiro atoms. The van der Waals surface area contributed by atoms with E-state index in [-0.39, 0.29) is 23.7 Å². The van der Waals surface area contributed by atoms with Gasteiger partial charge in [0.15, 0.2) is 0 Å². The Morgan fingerprint density at radius 1 is 1.31 bits per heavy atom. The van der Waals surface area contributed by atoms with Gasteiger partial charge in [0.25, 0.3) is 0 Å². The number of aliphatic hydroxyl groups excluding tert-OH is 1. The van der Waals surface area contributed by atoms with Crippen LogP contribution in [0.25, 0.3) is 11.3 Å². The van der Waals surface area contributed by atoms with E-state index in [1.54, 1.807) is 42.7 Å². The van der Waals surface area contributed by atoms with Crippen LogP contribution in [0.5, 0.6) is 0 Å². The molecule has 0 saturated carbocycles. The molecule has 1 saturated heterocycles. The number of halogens is 2. The number of urea groups is 1. The summed E-state index contributed by atoms with van der Waals surface area (Å²) in [5, 5.41) is 13.3. The normalized spacial score (nSPS) is 16.4. The number of hydrogen-bond acceptors (Lipinski definition) is 5. The molecule has 1 aliphatic rings. The zero-order valence-corrected chi connectivity index (χ0v) is 18.0. The molecule has 2 N–H and O–H groups in total. The van der Waals surface area contributed by atoms with E-state index in [9.17, 15) is 9.90 Å². The first-order valence-corrected chi connectivity index (χ1v) is 10.2. The molecule has 1 unspecified atom stereocenters. The third kappa shape index (κ3) is 4.98. The minimum absolute atomic E-state index is 0.170. The molecule has 0 bridgehead atoms. The van der Waals surface area contributed by atoms with Crippen LogP contribution in [0.2, 0.25) is 10.0 Å². The zero-order chi connectivity index (χ0) is 21.0. The van der Waals surface area contributed by atoms with Gasteiger partial charge in [-0.25, -0.2) is 4.79 Å². The van der Waals surface area contributed by atoms with E-state index in [0.29, 0.717) is 21.8 Å². The first-order chi connectivity index (χ1) is 13.9. The van der Waals surface area contributed by atoms with Crippen LogP contribution in [-0.4, -0.2) is 70.7 Å². The van der Waals surface area contributed by atoms with Gasteiger partial charge in [-0.1, -0.05) is 35.3 Å². The van der Waals surface area contributed by atoms with Crippen LogP contribution in [0, 0.1) is 0 Å². The Kier molecular flexibility index (Phi) is 7.29. The van der Waals surface area contributed by atoms with Crippen LogP contribution in [0.4, 0.5) is 4.79 Å². The maximum atomic E-state index is 12.7. The summed E-state index contributed by atoms with van der Waals surface area (Å²) in [7, 11) is 3.86. The molecule has 0 aliphatic carbocycles. The summed E-state index contributed by atoms with van der Waals surface area (Å²) in [6.45, 7) is 1.61. The molecule has 1 aliphatic heterocycles. The third-order valence-electron chi connectivity index (χ3n) is 5.36. The number of carbonyl (C=O) groups is 1. The second-order valence-corrected chi connectivity index (χ2v) is 8.01. The standard InChI is InChI=1S/C20H25Cl2N5O2/c1-26-9-5-13(6-10-26)27(2)20(29)25-17(12-28)15-4-3-14(18(21)19(15)22)16-11-23-7-8-24-16/h3-4,7-8,11,13,17,28H,5-6,9-10,12H2,1-2H3,(H,25,29). The highest BCUT2D eigenvalue weighted by molar-refractivity contribution is 6.44. The number of benzene rings is 1. The van der Waals surface area contributed by atoms with Gasteiger partial charge in [-0.2, -0.15) is 0 Å². The van der Waals surface area contributed by atoms with Crippen molar-refractivity contribution in [3.8, 4) is 11.3 Å². The predicted molar refractivity (Wildman–Crippen MR) is 114 cm³/mol. The minimum Gasteiger partial charge on any atom is -0.394 e. The van der Waals surface area contributed by atoms with E-state index in [1.807, 2.05) is 0 Å². The minimum atomic E-state index is -0.669. The lowest BCUT2D eigenvalue weighted by molar-refractivity contribution is 0.141. The fourth-order valence-corrected chi connectivity index (χ4v) is 4.06. The molecule has 2 aromatic rings. The second-order valence-electron chi connectivity index (χ2n) is 7.25. The molecule has 156 valence electrons. The average molecular weight is 438 g/mol. The summed E-state index contributed by atoms with van der Waals surface area (Å²) in [6, 6.07) is 2.77. The topological polar surface area (TPSA) is 81.6 Å². The Labute approximate surface area is 180 Å². The monoisotopic (exact) mass is 437 g/mol. The average Bonchev–Trinajstić information content (AvgIpc) is 2.74. The molecule has 1 aromatic heterocycles. The molecule has 2 amide bonds. The highest BCUT2D eigenvalue weighted by Gasteiger charge is 2.27. The van der Waals surface area contributed by atoms with Gasteiger partial charge in [-0.3, -0.25) is 9.97 Å². The molecule has 1 atom stereocenters. The number of aromatic nitrogens is 2. The summed E-state index contributed by atoms with van der Waals surface area (Å²) in [6.07, 6.45) is 6.58. The largest absolute Gasteiger partial charge is 0.394 e. The van der Waals surface area contributed by atoms with E-state index in [4.69, 9.17) is 23.2 Å². The summed E-state index contributed by atoms with van der Waals surface area (Å²) >= 11 is 12.9. The van der Waals surface area contributed by atoms with Crippen molar-refractivity contribution in [2.75, 3.05) is 33.8 Å². The van der Waals surface area contributed by atoms with Gasteiger partial charge in [-0.15, -0.1) is 0 Å². The van der Waals surface area contributed by atoms with Gasteiger partial charge in [-0.05, 0) is 38.5 Å². The van der Waals surface area contributed by atoms with Crippen LogP contribution in [0.3, 0.4) is 0 Å². The fraction of sp³-hybridized carbons (Fsp3) is 0.450. The summed E-state index contributed by atoms with van der Waals surface area (Å²) in [5.74, 6) is 0. The molecular formula is C20H25Cl2N5O2. The lowest BCUT2D eigenvalue weighted by Crippen LogP contribution is -2.49. The number of nitrogens with one attached hydrogen (secondary N) is 1. The van der Waals surface area contributed by atoms with E-state index < -0.39 is 6.04 Å². The molecule has 3 rings (SSSR count). The van der Waals surface area contributed by atoms with E-state index >= 15 is 0 Å². The molecule has 2 heterocycles. The molecule has 1 aromatic carbocycles. The SMILES string of the molecule is CN1CCC(N(C)C(=O)NC(CO)c2ccc(-c3cnccn3)c(Cl)c2Cl)CC1. The second kappa shape index (κ2) is 9.71. The van der Waals surface area contributed by atoms with Crippen LogP contribution in [0.15, 0.2) is 30.7 Å². The van der Waals surface area contributed by atoms with Gasteiger partial charge in [0.2, 0.25) is 0 Å². The number of rotatable bonds is 5. The van der Waals surface area contributed by atoms with Gasteiger partial charge in [0, 0.05) is 31.0 Å². The summed E-state index contributed by atoms with van der Waals surface area (Å²) < 4.78 is 0. The lowest BCUT2D eigenvalue weighted by atomic mass is 10.0. The maximum absolute atomic E-state index is 12.7.